The molecule has 2 aromatic rings. The van der Waals surface area contributed by atoms with E-state index in [1.165, 1.54) is 14.2 Å². The molecule has 1 heterocycles. The van der Waals surface area contributed by atoms with Gasteiger partial charge in [0.25, 0.3) is 0 Å². The summed E-state index contributed by atoms with van der Waals surface area (Å²) in [5, 5.41) is 3.28. The summed E-state index contributed by atoms with van der Waals surface area (Å²) >= 11 is 0. The quantitative estimate of drug-likeness (QED) is 0.863. The van der Waals surface area contributed by atoms with Gasteiger partial charge in [-0.15, -0.1) is 0 Å². The Labute approximate surface area is 139 Å². The fraction of sp³-hybridized carbons (Fsp3) is 0.412. The summed E-state index contributed by atoms with van der Waals surface area (Å²) in [5.74, 6) is 0.463. The molecular weight excluding hydrogens is 314 g/mol. The zero-order chi connectivity index (χ0) is 17.9. The van der Waals surface area contributed by atoms with Gasteiger partial charge in [-0.3, -0.25) is 0 Å². The van der Waals surface area contributed by atoms with Crippen LogP contribution in [0.4, 0.5) is 4.79 Å². The Kier molecular flexibility index (Phi) is 5.02. The highest BCUT2D eigenvalue weighted by molar-refractivity contribution is 6.03. The molecule has 0 aliphatic carbocycles. The van der Waals surface area contributed by atoms with Crippen LogP contribution in [0, 0.1) is 0 Å². The molecule has 0 atom stereocenters. The lowest BCUT2D eigenvalue weighted by molar-refractivity contribution is 0.0518. The van der Waals surface area contributed by atoms with E-state index in [0.29, 0.717) is 22.5 Å². The molecule has 7 heteroatoms. The number of fused-ring (bicyclic) bond motifs is 1. The molecule has 0 saturated carbocycles. The van der Waals surface area contributed by atoms with Crippen molar-refractivity contribution in [2.75, 3.05) is 14.2 Å². The van der Waals surface area contributed by atoms with Gasteiger partial charge in [-0.05, 0) is 39.0 Å². The number of esters is 1. The summed E-state index contributed by atoms with van der Waals surface area (Å²) in [5.41, 5.74) is 0.0580. The molecule has 0 fully saturated rings. The van der Waals surface area contributed by atoms with Crippen molar-refractivity contribution in [3.63, 3.8) is 0 Å². The number of carbonyl (C=O) groups is 2. The van der Waals surface area contributed by atoms with Gasteiger partial charge in [0, 0.05) is 5.39 Å². The number of rotatable bonds is 4. The fourth-order valence-electron chi connectivity index (χ4n) is 2.12. The van der Waals surface area contributed by atoms with Crippen molar-refractivity contribution in [1.82, 2.24) is 5.32 Å². The number of nitrogens with one attached hydrogen (secondary N) is 1. The standard InChI is InChI=1S/C17H21NO6/c1-17(2,3)24-16(20)18-9-12-7-10-6-11(21-4)8-13(14(10)23-12)15(19)22-5/h6-8H,9H2,1-5H3,(H,18,20). The summed E-state index contributed by atoms with van der Waals surface area (Å²) in [4.78, 5) is 23.6. The van der Waals surface area contributed by atoms with E-state index < -0.39 is 17.7 Å². The number of hydrogen-bond donors (Lipinski definition) is 1. The molecular formula is C17H21NO6. The second-order valence-electron chi connectivity index (χ2n) is 6.15. The zero-order valence-corrected chi connectivity index (χ0v) is 14.4. The third-order valence-electron chi connectivity index (χ3n) is 3.09. The maximum atomic E-state index is 11.9. The maximum Gasteiger partial charge on any atom is 0.408 e. The van der Waals surface area contributed by atoms with E-state index in [1.54, 1.807) is 39.0 Å². The van der Waals surface area contributed by atoms with E-state index in [2.05, 4.69) is 5.32 Å². The average molecular weight is 335 g/mol. The number of amides is 1. The lowest BCUT2D eigenvalue weighted by atomic mass is 10.1. The Morgan fingerprint density at radius 3 is 2.46 bits per heavy atom. The highest BCUT2D eigenvalue weighted by atomic mass is 16.6. The summed E-state index contributed by atoms with van der Waals surface area (Å²) in [6, 6.07) is 5.01. The molecule has 130 valence electrons. The third kappa shape index (κ3) is 4.18. The van der Waals surface area contributed by atoms with Crippen molar-refractivity contribution in [2.24, 2.45) is 0 Å². The predicted molar refractivity (Wildman–Crippen MR) is 87.2 cm³/mol. The van der Waals surface area contributed by atoms with E-state index in [9.17, 15) is 9.59 Å². The van der Waals surface area contributed by atoms with Gasteiger partial charge in [-0.1, -0.05) is 0 Å². The Balaban J connectivity index is 2.24. The first kappa shape index (κ1) is 17.7. The molecule has 0 aliphatic rings. The summed E-state index contributed by atoms with van der Waals surface area (Å²) < 4.78 is 20.8. The summed E-state index contributed by atoms with van der Waals surface area (Å²) in [6.07, 6.45) is -0.547. The van der Waals surface area contributed by atoms with Crippen LogP contribution in [0.5, 0.6) is 5.75 Å². The molecule has 1 amide bonds. The van der Waals surface area contributed by atoms with Crippen molar-refractivity contribution in [3.8, 4) is 5.75 Å². The van der Waals surface area contributed by atoms with Gasteiger partial charge in [0.15, 0.2) is 0 Å². The van der Waals surface area contributed by atoms with Crippen LogP contribution < -0.4 is 10.1 Å². The van der Waals surface area contributed by atoms with Crippen molar-refractivity contribution in [3.05, 3.63) is 29.5 Å². The molecule has 0 aliphatic heterocycles. The Morgan fingerprint density at radius 1 is 1.17 bits per heavy atom. The summed E-state index contributed by atoms with van der Waals surface area (Å²) in [6.45, 7) is 5.47. The highest BCUT2D eigenvalue weighted by Gasteiger charge is 2.19. The molecule has 0 unspecified atom stereocenters. The van der Waals surface area contributed by atoms with Crippen molar-refractivity contribution >= 4 is 23.0 Å². The zero-order valence-electron chi connectivity index (χ0n) is 14.4. The van der Waals surface area contributed by atoms with E-state index in [4.69, 9.17) is 18.6 Å². The van der Waals surface area contributed by atoms with Crippen LogP contribution in [-0.2, 0) is 16.0 Å². The molecule has 24 heavy (non-hydrogen) atoms. The lowest BCUT2D eigenvalue weighted by Gasteiger charge is -2.19. The minimum absolute atomic E-state index is 0.131. The van der Waals surface area contributed by atoms with Gasteiger partial charge in [0.05, 0.1) is 20.8 Å². The van der Waals surface area contributed by atoms with Crippen molar-refractivity contribution in [1.29, 1.82) is 0 Å². The van der Waals surface area contributed by atoms with E-state index >= 15 is 0 Å². The van der Waals surface area contributed by atoms with Crippen molar-refractivity contribution < 1.29 is 28.2 Å². The number of hydrogen-bond acceptors (Lipinski definition) is 6. The predicted octanol–water partition coefficient (Wildman–Crippen LogP) is 3.25. The van der Waals surface area contributed by atoms with Gasteiger partial charge in [0.1, 0.15) is 28.3 Å². The number of ether oxygens (including phenoxy) is 3. The molecule has 0 spiro atoms. The second kappa shape index (κ2) is 6.82. The normalized spacial score (nSPS) is 11.2. The first-order valence-corrected chi connectivity index (χ1v) is 7.39. The van der Waals surface area contributed by atoms with Crippen LogP contribution in [0.3, 0.4) is 0 Å². The number of benzene rings is 1. The molecule has 0 saturated heterocycles. The monoisotopic (exact) mass is 335 g/mol. The molecule has 1 aromatic heterocycles. The van der Waals surface area contributed by atoms with E-state index in [0.717, 1.165) is 0 Å². The van der Waals surface area contributed by atoms with Crippen molar-refractivity contribution in [2.45, 2.75) is 32.9 Å². The van der Waals surface area contributed by atoms with Crippen LogP contribution in [0.15, 0.2) is 22.6 Å². The van der Waals surface area contributed by atoms with Gasteiger partial charge in [-0.2, -0.15) is 0 Å². The summed E-state index contributed by atoms with van der Waals surface area (Å²) in [7, 11) is 2.80. The van der Waals surface area contributed by atoms with E-state index in [1.807, 2.05) is 0 Å². The third-order valence-corrected chi connectivity index (χ3v) is 3.09. The van der Waals surface area contributed by atoms with Crippen LogP contribution in [0.2, 0.25) is 0 Å². The number of methoxy groups -OCH3 is 2. The number of furan rings is 1. The highest BCUT2D eigenvalue weighted by Crippen LogP contribution is 2.29. The van der Waals surface area contributed by atoms with Gasteiger partial charge >= 0.3 is 12.1 Å². The van der Waals surface area contributed by atoms with Crippen LogP contribution in [0.1, 0.15) is 36.9 Å². The molecule has 1 N–H and O–H groups in total. The van der Waals surface area contributed by atoms with Gasteiger partial charge in [0.2, 0.25) is 0 Å². The Hall–Kier alpha value is -2.70. The van der Waals surface area contributed by atoms with Crippen LogP contribution >= 0.6 is 0 Å². The largest absolute Gasteiger partial charge is 0.497 e. The Bertz CT molecular complexity index is 756. The lowest BCUT2D eigenvalue weighted by Crippen LogP contribution is -2.32. The van der Waals surface area contributed by atoms with Gasteiger partial charge < -0.3 is 23.9 Å². The molecule has 0 bridgehead atoms. The van der Waals surface area contributed by atoms with Crippen LogP contribution in [-0.4, -0.2) is 31.9 Å². The minimum Gasteiger partial charge on any atom is -0.497 e. The van der Waals surface area contributed by atoms with Gasteiger partial charge in [-0.25, -0.2) is 9.59 Å². The van der Waals surface area contributed by atoms with Crippen LogP contribution in [0.25, 0.3) is 11.0 Å². The smallest absolute Gasteiger partial charge is 0.408 e. The molecule has 2 rings (SSSR count). The molecule has 0 radical (unpaired) electrons. The number of alkyl carbamates (subject to hydrolysis) is 1. The molecule has 1 aromatic carbocycles. The number of carbonyl (C=O) groups excluding carboxylic acids is 2. The molecule has 7 nitrogen and oxygen atoms in total. The topological polar surface area (TPSA) is 87.0 Å². The Morgan fingerprint density at radius 2 is 1.88 bits per heavy atom. The first-order chi connectivity index (χ1) is 11.2. The second-order valence-corrected chi connectivity index (χ2v) is 6.15. The maximum absolute atomic E-state index is 11.9. The minimum atomic E-state index is -0.580. The fourth-order valence-corrected chi connectivity index (χ4v) is 2.12. The van der Waals surface area contributed by atoms with E-state index in [-0.39, 0.29) is 12.1 Å². The first-order valence-electron chi connectivity index (χ1n) is 7.39. The average Bonchev–Trinajstić information content (AvgIpc) is 2.92. The SMILES string of the molecule is COC(=O)c1cc(OC)cc2cc(CNC(=O)OC(C)(C)C)oc12.